The van der Waals surface area contributed by atoms with E-state index in [0.717, 1.165) is 35.9 Å². The van der Waals surface area contributed by atoms with Gasteiger partial charge in [0, 0.05) is 36.9 Å². The lowest BCUT2D eigenvalue weighted by Gasteiger charge is -2.35. The van der Waals surface area contributed by atoms with E-state index in [0.29, 0.717) is 30.4 Å². The van der Waals surface area contributed by atoms with Gasteiger partial charge in [-0.3, -0.25) is 9.78 Å². The van der Waals surface area contributed by atoms with E-state index in [1.807, 2.05) is 49.1 Å². The monoisotopic (exact) mass is 410 g/mol. The zero-order valence-corrected chi connectivity index (χ0v) is 17.3. The maximum Gasteiger partial charge on any atom is 0.227 e. The molecule has 1 saturated heterocycles. The van der Waals surface area contributed by atoms with E-state index in [9.17, 15) is 4.79 Å². The van der Waals surface area contributed by atoms with E-state index < -0.39 is 0 Å². The van der Waals surface area contributed by atoms with Crippen LogP contribution < -0.4 is 4.90 Å². The number of benzene rings is 1. The van der Waals surface area contributed by atoms with E-state index >= 15 is 0 Å². The Balaban J connectivity index is 1.39. The summed E-state index contributed by atoms with van der Waals surface area (Å²) in [6.45, 7) is 6.74. The number of nitrogens with zero attached hydrogens (tertiary/aromatic N) is 6. The van der Waals surface area contributed by atoms with E-state index in [4.69, 9.17) is 16.6 Å². The molecule has 7 nitrogen and oxygen atoms in total. The van der Waals surface area contributed by atoms with Gasteiger partial charge in [0.15, 0.2) is 5.82 Å². The minimum atomic E-state index is 0.134. The maximum absolute atomic E-state index is 12.6. The number of piperazine rings is 1. The Hall–Kier alpha value is -2.93. The molecular formula is C21H23ClN6O. The highest BCUT2D eigenvalue weighted by molar-refractivity contribution is 6.30. The first-order chi connectivity index (χ1) is 14.0. The fourth-order valence-electron chi connectivity index (χ4n) is 3.53. The number of hydrogen-bond donors (Lipinski definition) is 0. The van der Waals surface area contributed by atoms with Gasteiger partial charge < -0.3 is 9.80 Å². The van der Waals surface area contributed by atoms with Crippen LogP contribution in [-0.4, -0.2) is 56.7 Å². The van der Waals surface area contributed by atoms with Gasteiger partial charge in [-0.25, -0.2) is 9.67 Å². The highest BCUT2D eigenvalue weighted by atomic mass is 35.5. The molecule has 0 bridgehead atoms. The zero-order valence-electron chi connectivity index (χ0n) is 16.5. The quantitative estimate of drug-likeness (QED) is 0.661. The normalized spacial score (nSPS) is 14.3. The van der Waals surface area contributed by atoms with Crippen molar-refractivity contribution in [2.75, 3.05) is 31.1 Å². The van der Waals surface area contributed by atoms with Gasteiger partial charge in [0.25, 0.3) is 0 Å². The Labute approximate surface area is 174 Å². The van der Waals surface area contributed by atoms with Gasteiger partial charge in [0.05, 0.1) is 24.5 Å². The molecule has 8 heteroatoms. The molecule has 150 valence electrons. The molecule has 0 N–H and O–H groups in total. The number of halogens is 1. The van der Waals surface area contributed by atoms with Crippen LogP contribution in [0.5, 0.6) is 0 Å². The molecule has 1 aliphatic heterocycles. The predicted octanol–water partition coefficient (Wildman–Crippen LogP) is 2.82. The number of aryl methyl sites for hydroxylation is 2. The lowest BCUT2D eigenvalue weighted by molar-refractivity contribution is -0.130. The van der Waals surface area contributed by atoms with Crippen LogP contribution in [0.2, 0.25) is 5.02 Å². The van der Waals surface area contributed by atoms with Crippen LogP contribution >= 0.6 is 11.6 Å². The molecular weight excluding hydrogens is 388 g/mol. The minimum absolute atomic E-state index is 0.134. The van der Waals surface area contributed by atoms with Crippen LogP contribution in [0.4, 0.5) is 5.82 Å². The van der Waals surface area contributed by atoms with Crippen LogP contribution in [0.1, 0.15) is 17.0 Å². The SMILES string of the molecule is Cc1cc(C)n(-c2cncc(N3CCN(C(=O)Cc4ccc(Cl)cc4)CC3)n2)n1. The minimum Gasteiger partial charge on any atom is -0.352 e. The summed E-state index contributed by atoms with van der Waals surface area (Å²) in [4.78, 5) is 25.8. The van der Waals surface area contributed by atoms with Crippen molar-refractivity contribution in [3.05, 3.63) is 64.7 Å². The molecule has 1 aliphatic rings. The molecule has 0 aliphatic carbocycles. The first-order valence-electron chi connectivity index (χ1n) is 9.62. The largest absolute Gasteiger partial charge is 0.352 e. The number of aromatic nitrogens is 4. The second kappa shape index (κ2) is 8.21. The average Bonchev–Trinajstić information content (AvgIpc) is 3.08. The van der Waals surface area contributed by atoms with Crippen molar-refractivity contribution in [3.63, 3.8) is 0 Å². The van der Waals surface area contributed by atoms with Gasteiger partial charge >= 0.3 is 0 Å². The van der Waals surface area contributed by atoms with Crippen molar-refractivity contribution >= 4 is 23.3 Å². The first kappa shape index (κ1) is 19.4. The van der Waals surface area contributed by atoms with Gasteiger partial charge in [-0.2, -0.15) is 5.10 Å². The Morgan fingerprint density at radius 2 is 1.72 bits per heavy atom. The molecule has 4 rings (SSSR count). The summed E-state index contributed by atoms with van der Waals surface area (Å²) in [5.74, 6) is 1.64. The molecule has 3 aromatic rings. The number of carbonyl (C=O) groups is 1. The number of hydrogen-bond acceptors (Lipinski definition) is 5. The second-order valence-electron chi connectivity index (χ2n) is 7.25. The molecule has 0 radical (unpaired) electrons. The van der Waals surface area contributed by atoms with Crippen LogP contribution in [0.25, 0.3) is 5.82 Å². The lowest BCUT2D eigenvalue weighted by Crippen LogP contribution is -2.49. The van der Waals surface area contributed by atoms with Crippen molar-refractivity contribution in [2.24, 2.45) is 0 Å². The molecule has 0 unspecified atom stereocenters. The second-order valence-corrected chi connectivity index (χ2v) is 7.68. The van der Waals surface area contributed by atoms with Crippen LogP contribution in [0, 0.1) is 13.8 Å². The Morgan fingerprint density at radius 3 is 2.38 bits per heavy atom. The summed E-state index contributed by atoms with van der Waals surface area (Å²) in [6.07, 6.45) is 3.87. The van der Waals surface area contributed by atoms with E-state index in [1.54, 1.807) is 17.1 Å². The number of anilines is 1. The number of amides is 1. The average molecular weight is 411 g/mol. The standard InChI is InChI=1S/C21H23ClN6O/c1-15-11-16(2)28(25-15)20-14-23-13-19(24-20)26-7-9-27(10-8-26)21(29)12-17-3-5-18(22)6-4-17/h3-6,11,13-14H,7-10,12H2,1-2H3. The summed E-state index contributed by atoms with van der Waals surface area (Å²) in [7, 11) is 0. The van der Waals surface area contributed by atoms with Crippen molar-refractivity contribution in [3.8, 4) is 5.82 Å². The highest BCUT2D eigenvalue weighted by Gasteiger charge is 2.22. The molecule has 0 saturated carbocycles. The topological polar surface area (TPSA) is 67.2 Å². The fourth-order valence-corrected chi connectivity index (χ4v) is 3.66. The van der Waals surface area contributed by atoms with Crippen molar-refractivity contribution in [1.82, 2.24) is 24.6 Å². The van der Waals surface area contributed by atoms with Crippen molar-refractivity contribution in [2.45, 2.75) is 20.3 Å². The van der Waals surface area contributed by atoms with Gasteiger partial charge in [0.2, 0.25) is 5.91 Å². The van der Waals surface area contributed by atoms with Crippen LogP contribution in [0.15, 0.2) is 42.7 Å². The summed E-state index contributed by atoms with van der Waals surface area (Å²) in [6, 6.07) is 9.44. The smallest absolute Gasteiger partial charge is 0.227 e. The van der Waals surface area contributed by atoms with Crippen LogP contribution in [0.3, 0.4) is 0 Å². The van der Waals surface area contributed by atoms with Crippen LogP contribution in [-0.2, 0) is 11.2 Å². The van der Waals surface area contributed by atoms with Gasteiger partial charge in [-0.1, -0.05) is 23.7 Å². The van der Waals surface area contributed by atoms with Crippen molar-refractivity contribution < 1.29 is 4.79 Å². The molecule has 0 atom stereocenters. The van der Waals surface area contributed by atoms with E-state index in [2.05, 4.69) is 15.0 Å². The Morgan fingerprint density at radius 1 is 1.03 bits per heavy atom. The summed E-state index contributed by atoms with van der Waals surface area (Å²) < 4.78 is 1.80. The summed E-state index contributed by atoms with van der Waals surface area (Å²) in [5, 5.41) is 5.16. The van der Waals surface area contributed by atoms with Crippen molar-refractivity contribution in [1.29, 1.82) is 0 Å². The Kier molecular flexibility index (Phi) is 5.49. The predicted molar refractivity (Wildman–Crippen MR) is 113 cm³/mol. The molecule has 1 amide bonds. The first-order valence-corrected chi connectivity index (χ1v) is 10.0. The molecule has 0 spiro atoms. The maximum atomic E-state index is 12.6. The molecule has 1 aromatic carbocycles. The third kappa shape index (κ3) is 4.40. The van der Waals surface area contributed by atoms with Gasteiger partial charge in [0.1, 0.15) is 5.82 Å². The molecule has 1 fully saturated rings. The summed E-state index contributed by atoms with van der Waals surface area (Å²) >= 11 is 5.91. The molecule has 29 heavy (non-hydrogen) atoms. The number of carbonyl (C=O) groups excluding carboxylic acids is 1. The zero-order chi connectivity index (χ0) is 20.4. The Bertz CT molecular complexity index is 1010. The highest BCUT2D eigenvalue weighted by Crippen LogP contribution is 2.17. The third-order valence-electron chi connectivity index (χ3n) is 5.06. The van der Waals surface area contributed by atoms with Gasteiger partial charge in [-0.05, 0) is 37.6 Å². The third-order valence-corrected chi connectivity index (χ3v) is 5.31. The fraction of sp³-hybridized carbons (Fsp3) is 0.333. The number of rotatable bonds is 4. The van der Waals surface area contributed by atoms with E-state index in [-0.39, 0.29) is 5.91 Å². The van der Waals surface area contributed by atoms with E-state index in [1.165, 1.54) is 0 Å². The molecule has 3 heterocycles. The summed E-state index contributed by atoms with van der Waals surface area (Å²) in [5.41, 5.74) is 2.94. The van der Waals surface area contributed by atoms with Gasteiger partial charge in [-0.15, -0.1) is 0 Å². The lowest BCUT2D eigenvalue weighted by atomic mass is 10.1. The molecule has 2 aromatic heterocycles.